The zero-order valence-electron chi connectivity index (χ0n) is 12.4. The van der Waals surface area contributed by atoms with Crippen LogP contribution in [0, 0.1) is 0 Å². The van der Waals surface area contributed by atoms with Gasteiger partial charge >= 0.3 is 0 Å². The largest absolute Gasteiger partial charge is 0.368 e. The third kappa shape index (κ3) is 2.63. The van der Waals surface area contributed by atoms with Crippen molar-refractivity contribution in [3.63, 3.8) is 0 Å². The molecule has 0 aromatic carbocycles. The highest BCUT2D eigenvalue weighted by Gasteiger charge is 2.16. The van der Waals surface area contributed by atoms with E-state index in [1.165, 1.54) is 0 Å². The van der Waals surface area contributed by atoms with Gasteiger partial charge in [0.25, 0.3) is 0 Å². The van der Waals surface area contributed by atoms with Crippen molar-refractivity contribution >= 4 is 17.0 Å². The van der Waals surface area contributed by atoms with Crippen LogP contribution in [0.15, 0.2) is 30.7 Å². The number of fused-ring (bicyclic) bond motifs is 1. The van der Waals surface area contributed by atoms with Gasteiger partial charge in [-0.25, -0.2) is 15.0 Å². The average molecular weight is 297 g/mol. The lowest BCUT2D eigenvalue weighted by molar-refractivity contribution is 0.618. The van der Waals surface area contributed by atoms with E-state index in [1.807, 2.05) is 18.3 Å². The molecule has 3 aromatic rings. The number of aromatic amines is 1. The fourth-order valence-electron chi connectivity index (χ4n) is 2.53. The van der Waals surface area contributed by atoms with Crippen molar-refractivity contribution in [2.45, 2.75) is 13.0 Å². The van der Waals surface area contributed by atoms with E-state index in [1.54, 1.807) is 12.4 Å². The second-order valence-corrected chi connectivity index (χ2v) is 5.04. The predicted octanol–water partition coefficient (Wildman–Crippen LogP) is 1.21. The first-order valence-electron chi connectivity index (χ1n) is 7.22. The summed E-state index contributed by atoms with van der Waals surface area (Å²) in [6.07, 6.45) is 5.28. The molecule has 7 nitrogen and oxygen atoms in total. The lowest BCUT2D eigenvalue weighted by Gasteiger charge is -2.14. The Balaban J connectivity index is 2.12. The van der Waals surface area contributed by atoms with Crippen molar-refractivity contribution < 1.29 is 0 Å². The molecule has 0 aliphatic heterocycles. The number of hydrogen-bond acceptors (Lipinski definition) is 6. The number of nitrogens with one attached hydrogen (secondary N) is 2. The molecule has 0 spiro atoms. The summed E-state index contributed by atoms with van der Waals surface area (Å²) >= 11 is 0. The molecule has 3 heterocycles. The molecule has 0 aliphatic rings. The van der Waals surface area contributed by atoms with Crippen LogP contribution in [0.2, 0.25) is 0 Å². The van der Waals surface area contributed by atoms with Crippen LogP contribution in [-0.2, 0) is 0 Å². The Labute approximate surface area is 128 Å². The average Bonchev–Trinajstić information content (AvgIpc) is 2.96. The number of likely N-dealkylation sites (N-methyl/N-ethyl adjacent to an activating group) is 1. The molecule has 6 N–H and O–H groups in total. The quantitative estimate of drug-likeness (QED) is 0.562. The van der Waals surface area contributed by atoms with Crippen LogP contribution in [-0.4, -0.2) is 33.0 Å². The Hall–Kier alpha value is -2.51. The first-order valence-corrected chi connectivity index (χ1v) is 7.22. The number of aromatic nitrogens is 4. The highest BCUT2D eigenvalue weighted by molar-refractivity contribution is 5.95. The summed E-state index contributed by atoms with van der Waals surface area (Å²) in [5, 5.41) is 4.25. The van der Waals surface area contributed by atoms with Crippen molar-refractivity contribution in [1.82, 2.24) is 25.3 Å². The molecule has 0 amide bonds. The van der Waals surface area contributed by atoms with E-state index >= 15 is 0 Å². The molecule has 1 unspecified atom stereocenters. The molecule has 1 atom stereocenters. The topological polar surface area (TPSA) is 119 Å². The molecule has 114 valence electrons. The Kier molecular flexibility index (Phi) is 3.99. The summed E-state index contributed by atoms with van der Waals surface area (Å²) in [4.78, 5) is 15.8. The van der Waals surface area contributed by atoms with Crippen LogP contribution >= 0.6 is 0 Å². The smallest absolute Gasteiger partial charge is 0.220 e. The van der Waals surface area contributed by atoms with E-state index in [9.17, 15) is 0 Å². The molecule has 0 radical (unpaired) electrons. The van der Waals surface area contributed by atoms with Gasteiger partial charge in [-0.2, -0.15) is 0 Å². The highest BCUT2D eigenvalue weighted by Crippen LogP contribution is 2.31. The minimum atomic E-state index is -0.126. The van der Waals surface area contributed by atoms with Crippen molar-refractivity contribution in [1.29, 1.82) is 0 Å². The van der Waals surface area contributed by atoms with Crippen LogP contribution in [0.4, 0.5) is 5.95 Å². The highest BCUT2D eigenvalue weighted by atomic mass is 15.0. The van der Waals surface area contributed by atoms with E-state index in [2.05, 4.69) is 32.2 Å². The van der Waals surface area contributed by atoms with Gasteiger partial charge in [-0.15, -0.1) is 0 Å². The van der Waals surface area contributed by atoms with E-state index in [0.717, 1.165) is 34.4 Å². The van der Waals surface area contributed by atoms with E-state index in [4.69, 9.17) is 11.5 Å². The van der Waals surface area contributed by atoms with Crippen molar-refractivity contribution in [3.8, 4) is 11.3 Å². The monoisotopic (exact) mass is 297 g/mol. The van der Waals surface area contributed by atoms with E-state index in [0.29, 0.717) is 6.54 Å². The summed E-state index contributed by atoms with van der Waals surface area (Å²) in [5.74, 6) is 0.245. The normalized spacial score (nSPS) is 12.6. The van der Waals surface area contributed by atoms with Crippen molar-refractivity contribution in [2.75, 3.05) is 18.8 Å². The first kappa shape index (κ1) is 14.4. The number of hydrogen-bond donors (Lipinski definition) is 4. The van der Waals surface area contributed by atoms with Crippen LogP contribution in [0.25, 0.3) is 22.3 Å². The zero-order valence-corrected chi connectivity index (χ0v) is 12.4. The van der Waals surface area contributed by atoms with Gasteiger partial charge in [-0.05, 0) is 24.2 Å². The van der Waals surface area contributed by atoms with Gasteiger partial charge in [0.05, 0.1) is 5.69 Å². The van der Waals surface area contributed by atoms with Gasteiger partial charge in [-0.1, -0.05) is 6.92 Å². The van der Waals surface area contributed by atoms with Crippen LogP contribution < -0.4 is 16.8 Å². The lowest BCUT2D eigenvalue weighted by Crippen LogP contribution is -2.26. The van der Waals surface area contributed by atoms with Gasteiger partial charge in [-0.3, -0.25) is 0 Å². The standard InChI is InChI=1S/C15H19N7/c1-2-18-8-11(16)9-3-5-19-14-13(9)10(7-21-14)12-4-6-20-15(17)22-12/h3-7,11,18H,2,8,16H2,1H3,(H,19,21)(H2,17,20,22). The first-order chi connectivity index (χ1) is 10.7. The maximum absolute atomic E-state index is 6.32. The van der Waals surface area contributed by atoms with Crippen LogP contribution in [0.5, 0.6) is 0 Å². The van der Waals surface area contributed by atoms with Crippen LogP contribution in [0.3, 0.4) is 0 Å². The third-order valence-corrected chi connectivity index (χ3v) is 3.57. The SMILES string of the molecule is CCNCC(N)c1ccnc2[nH]cc(-c3ccnc(N)n3)c12. The molecule has 3 rings (SSSR count). The molecular weight excluding hydrogens is 278 g/mol. The van der Waals surface area contributed by atoms with Gasteiger partial charge < -0.3 is 21.8 Å². The molecule has 0 saturated heterocycles. The Bertz CT molecular complexity index is 780. The number of nitrogens with zero attached hydrogens (tertiary/aromatic N) is 3. The molecule has 7 heteroatoms. The molecule has 0 bridgehead atoms. The fourth-order valence-corrected chi connectivity index (χ4v) is 2.53. The molecule has 0 aliphatic carbocycles. The Morgan fingerprint density at radius 3 is 2.86 bits per heavy atom. The molecule has 22 heavy (non-hydrogen) atoms. The fraction of sp³-hybridized carbons (Fsp3) is 0.267. The minimum absolute atomic E-state index is 0.126. The maximum Gasteiger partial charge on any atom is 0.220 e. The maximum atomic E-state index is 6.32. The number of H-pyrrole nitrogens is 1. The second-order valence-electron chi connectivity index (χ2n) is 5.04. The second kappa shape index (κ2) is 6.08. The summed E-state index contributed by atoms with van der Waals surface area (Å²) < 4.78 is 0. The molecule has 0 saturated carbocycles. The van der Waals surface area contributed by atoms with Gasteiger partial charge in [0.1, 0.15) is 5.65 Å². The van der Waals surface area contributed by atoms with Gasteiger partial charge in [0, 0.05) is 42.1 Å². The van der Waals surface area contributed by atoms with Gasteiger partial charge in [0.15, 0.2) is 0 Å². The summed E-state index contributed by atoms with van der Waals surface area (Å²) in [6.45, 7) is 3.64. The number of nitrogens with two attached hydrogens (primary N) is 2. The van der Waals surface area contributed by atoms with E-state index in [-0.39, 0.29) is 12.0 Å². The zero-order chi connectivity index (χ0) is 15.5. The molecule has 0 fully saturated rings. The number of pyridine rings is 1. The van der Waals surface area contributed by atoms with Gasteiger partial charge in [0.2, 0.25) is 5.95 Å². The predicted molar refractivity (Wildman–Crippen MR) is 87.0 cm³/mol. The Morgan fingerprint density at radius 1 is 1.27 bits per heavy atom. The Morgan fingerprint density at radius 2 is 2.09 bits per heavy atom. The summed E-state index contributed by atoms with van der Waals surface area (Å²) in [7, 11) is 0. The summed E-state index contributed by atoms with van der Waals surface area (Å²) in [5.41, 5.74) is 15.5. The van der Waals surface area contributed by atoms with E-state index < -0.39 is 0 Å². The van der Waals surface area contributed by atoms with Crippen molar-refractivity contribution in [2.24, 2.45) is 5.73 Å². The molecule has 3 aromatic heterocycles. The number of rotatable bonds is 5. The minimum Gasteiger partial charge on any atom is -0.368 e. The number of anilines is 1. The molecular formula is C15H19N7. The summed E-state index contributed by atoms with van der Waals surface area (Å²) in [6, 6.07) is 3.65. The van der Waals surface area contributed by atoms with Crippen LogP contribution in [0.1, 0.15) is 18.5 Å². The number of nitrogen functional groups attached to an aromatic ring is 1. The van der Waals surface area contributed by atoms with Crippen molar-refractivity contribution in [3.05, 3.63) is 36.3 Å². The lowest BCUT2D eigenvalue weighted by atomic mass is 10.0. The third-order valence-electron chi connectivity index (χ3n) is 3.57.